The summed E-state index contributed by atoms with van der Waals surface area (Å²) in [5.74, 6) is -0.0528. The van der Waals surface area contributed by atoms with E-state index < -0.39 is 10.0 Å². The smallest absolute Gasteiger partial charge is 0.211 e. The number of aliphatic hydroxyl groups excluding tert-OH is 1. The van der Waals surface area contributed by atoms with Gasteiger partial charge in [-0.1, -0.05) is 0 Å². The average Bonchev–Trinajstić information content (AvgIpc) is 2.52. The van der Waals surface area contributed by atoms with Crippen LogP contribution in [0.4, 0.5) is 0 Å². The summed E-state index contributed by atoms with van der Waals surface area (Å²) in [4.78, 5) is 0. The molecule has 1 aromatic rings. The first-order valence-corrected chi connectivity index (χ1v) is 6.67. The maximum Gasteiger partial charge on any atom is 0.211 e. The number of hydrogen-bond acceptors (Lipinski definition) is 4. The largest absolute Gasteiger partial charge is 0.396 e. The maximum atomic E-state index is 11.4. The van der Waals surface area contributed by atoms with Gasteiger partial charge in [-0.15, -0.1) is 0 Å². The van der Waals surface area contributed by atoms with Crippen molar-refractivity contribution in [3.8, 4) is 0 Å². The Kier molecular flexibility index (Phi) is 4.45. The molecule has 92 valence electrons. The normalized spacial score (nSPS) is 11.9. The summed E-state index contributed by atoms with van der Waals surface area (Å²) < 4.78 is 27.0. The fourth-order valence-electron chi connectivity index (χ4n) is 1.34. The molecule has 0 aliphatic rings. The van der Waals surface area contributed by atoms with Crippen molar-refractivity contribution in [2.24, 2.45) is 7.05 Å². The third kappa shape index (κ3) is 3.92. The molecule has 1 heterocycles. The predicted octanol–water partition coefficient (Wildman–Crippen LogP) is -0.470. The highest BCUT2D eigenvalue weighted by Crippen LogP contribution is 2.04. The Morgan fingerprint density at radius 2 is 2.25 bits per heavy atom. The standard InChI is InChI=1S/C9H17N3O3S/c1-8-9(7-12(2)11-8)6-10-16(14,15)5-3-4-13/h7,10,13H,3-6H2,1-2H3. The molecule has 0 amide bonds. The van der Waals surface area contributed by atoms with E-state index in [-0.39, 0.29) is 25.3 Å². The molecule has 0 fully saturated rings. The highest BCUT2D eigenvalue weighted by atomic mass is 32.2. The van der Waals surface area contributed by atoms with Gasteiger partial charge in [0, 0.05) is 32.0 Å². The second-order valence-corrected chi connectivity index (χ2v) is 5.56. The van der Waals surface area contributed by atoms with Crippen LogP contribution >= 0.6 is 0 Å². The Hall–Kier alpha value is -0.920. The van der Waals surface area contributed by atoms with Crippen LogP contribution < -0.4 is 4.72 Å². The average molecular weight is 247 g/mol. The lowest BCUT2D eigenvalue weighted by molar-refractivity contribution is 0.295. The summed E-state index contributed by atoms with van der Waals surface area (Å²) in [5.41, 5.74) is 1.67. The number of aliphatic hydroxyl groups is 1. The fourth-order valence-corrected chi connectivity index (χ4v) is 2.37. The van der Waals surface area contributed by atoms with E-state index in [1.165, 1.54) is 0 Å². The van der Waals surface area contributed by atoms with Crippen molar-refractivity contribution < 1.29 is 13.5 Å². The van der Waals surface area contributed by atoms with E-state index in [2.05, 4.69) is 9.82 Å². The zero-order valence-corrected chi connectivity index (χ0v) is 10.3. The van der Waals surface area contributed by atoms with E-state index >= 15 is 0 Å². The number of nitrogens with zero attached hydrogens (tertiary/aromatic N) is 2. The van der Waals surface area contributed by atoms with Gasteiger partial charge in [0.05, 0.1) is 11.4 Å². The Balaban J connectivity index is 2.54. The number of hydrogen-bond donors (Lipinski definition) is 2. The van der Waals surface area contributed by atoms with Gasteiger partial charge < -0.3 is 5.11 Å². The van der Waals surface area contributed by atoms with Crippen LogP contribution in [0.15, 0.2) is 6.20 Å². The van der Waals surface area contributed by atoms with Gasteiger partial charge in [-0.05, 0) is 13.3 Å². The molecule has 2 N–H and O–H groups in total. The molecular formula is C9H17N3O3S. The lowest BCUT2D eigenvalue weighted by Gasteiger charge is -2.04. The molecule has 0 atom stereocenters. The van der Waals surface area contributed by atoms with E-state index in [4.69, 9.17) is 5.11 Å². The summed E-state index contributed by atoms with van der Waals surface area (Å²) in [5, 5.41) is 12.7. The van der Waals surface area contributed by atoms with Crippen molar-refractivity contribution in [2.75, 3.05) is 12.4 Å². The molecule has 6 nitrogen and oxygen atoms in total. The summed E-state index contributed by atoms with van der Waals surface area (Å²) in [7, 11) is -1.51. The molecule has 0 saturated heterocycles. The lowest BCUT2D eigenvalue weighted by Crippen LogP contribution is -2.26. The van der Waals surface area contributed by atoms with Crippen molar-refractivity contribution in [1.29, 1.82) is 0 Å². The van der Waals surface area contributed by atoms with Crippen LogP contribution in [0.5, 0.6) is 0 Å². The Morgan fingerprint density at radius 3 is 2.75 bits per heavy atom. The Bertz CT molecular complexity index is 439. The third-order valence-electron chi connectivity index (χ3n) is 2.17. The van der Waals surface area contributed by atoms with Gasteiger partial charge in [-0.2, -0.15) is 5.10 Å². The molecule has 0 aliphatic heterocycles. The zero-order valence-electron chi connectivity index (χ0n) is 9.47. The van der Waals surface area contributed by atoms with Crippen molar-refractivity contribution >= 4 is 10.0 Å². The second kappa shape index (κ2) is 5.42. The van der Waals surface area contributed by atoms with Gasteiger partial charge >= 0.3 is 0 Å². The second-order valence-electron chi connectivity index (χ2n) is 3.63. The molecular weight excluding hydrogens is 230 g/mol. The molecule has 1 aromatic heterocycles. The van der Waals surface area contributed by atoms with Crippen LogP contribution in [0.2, 0.25) is 0 Å². The van der Waals surface area contributed by atoms with Gasteiger partial charge in [0.1, 0.15) is 0 Å². The molecule has 0 bridgehead atoms. The number of nitrogens with one attached hydrogen (secondary N) is 1. The van der Waals surface area contributed by atoms with Crippen LogP contribution in [-0.4, -0.2) is 35.7 Å². The molecule has 0 radical (unpaired) electrons. The van der Waals surface area contributed by atoms with Crippen molar-refractivity contribution in [3.05, 3.63) is 17.5 Å². The van der Waals surface area contributed by atoms with Crippen molar-refractivity contribution in [3.63, 3.8) is 0 Å². The maximum absolute atomic E-state index is 11.4. The minimum Gasteiger partial charge on any atom is -0.396 e. The van der Waals surface area contributed by atoms with Crippen LogP contribution in [0.3, 0.4) is 0 Å². The number of rotatable bonds is 6. The van der Waals surface area contributed by atoms with Crippen molar-refractivity contribution in [2.45, 2.75) is 19.9 Å². The van der Waals surface area contributed by atoms with E-state index in [0.29, 0.717) is 0 Å². The summed E-state index contributed by atoms with van der Waals surface area (Å²) in [6.07, 6.45) is 2.03. The third-order valence-corrected chi connectivity index (χ3v) is 3.58. The summed E-state index contributed by atoms with van der Waals surface area (Å²) in [6, 6.07) is 0. The molecule has 0 aromatic carbocycles. The SMILES string of the molecule is Cc1nn(C)cc1CNS(=O)(=O)CCCO. The van der Waals surface area contributed by atoms with E-state index in [0.717, 1.165) is 11.3 Å². The van der Waals surface area contributed by atoms with Gasteiger partial charge in [0.25, 0.3) is 0 Å². The highest BCUT2D eigenvalue weighted by molar-refractivity contribution is 7.89. The van der Waals surface area contributed by atoms with Gasteiger partial charge in [-0.25, -0.2) is 13.1 Å². The molecule has 0 aliphatic carbocycles. The van der Waals surface area contributed by atoms with Crippen LogP contribution in [0.25, 0.3) is 0 Å². The Labute approximate surface area is 95.3 Å². The number of aromatic nitrogens is 2. The minimum atomic E-state index is -3.30. The first-order valence-electron chi connectivity index (χ1n) is 5.02. The topological polar surface area (TPSA) is 84.2 Å². The van der Waals surface area contributed by atoms with Gasteiger partial charge in [0.2, 0.25) is 10.0 Å². The Morgan fingerprint density at radius 1 is 1.56 bits per heavy atom. The molecule has 0 saturated carbocycles. The summed E-state index contributed by atoms with van der Waals surface area (Å²) >= 11 is 0. The number of aryl methyl sites for hydroxylation is 2. The molecule has 0 spiro atoms. The molecule has 7 heteroatoms. The first kappa shape index (κ1) is 13.1. The van der Waals surface area contributed by atoms with Gasteiger partial charge in [0.15, 0.2) is 0 Å². The van der Waals surface area contributed by atoms with Crippen LogP contribution in [-0.2, 0) is 23.6 Å². The molecule has 0 unspecified atom stereocenters. The van der Waals surface area contributed by atoms with E-state index in [9.17, 15) is 8.42 Å². The fraction of sp³-hybridized carbons (Fsp3) is 0.667. The highest BCUT2D eigenvalue weighted by Gasteiger charge is 2.11. The minimum absolute atomic E-state index is 0.0528. The molecule has 1 rings (SSSR count). The van der Waals surface area contributed by atoms with E-state index in [1.54, 1.807) is 17.9 Å². The predicted molar refractivity (Wildman–Crippen MR) is 60.3 cm³/mol. The lowest BCUT2D eigenvalue weighted by atomic mass is 10.3. The van der Waals surface area contributed by atoms with Crippen LogP contribution in [0, 0.1) is 6.92 Å². The first-order chi connectivity index (χ1) is 7.44. The quantitative estimate of drug-likeness (QED) is 0.712. The summed E-state index contributed by atoms with van der Waals surface area (Å²) in [6.45, 7) is 1.96. The van der Waals surface area contributed by atoms with Crippen LogP contribution in [0.1, 0.15) is 17.7 Å². The molecule has 16 heavy (non-hydrogen) atoms. The monoisotopic (exact) mass is 247 g/mol. The van der Waals surface area contributed by atoms with Crippen molar-refractivity contribution in [1.82, 2.24) is 14.5 Å². The number of sulfonamides is 1. The van der Waals surface area contributed by atoms with E-state index in [1.807, 2.05) is 6.92 Å². The zero-order chi connectivity index (χ0) is 12.2. The van der Waals surface area contributed by atoms with Gasteiger partial charge in [-0.3, -0.25) is 4.68 Å².